The molecule has 7 nitrogen and oxygen atoms in total. The summed E-state index contributed by atoms with van der Waals surface area (Å²) in [5.41, 5.74) is 13.4. The highest BCUT2D eigenvalue weighted by atomic mass is 16.5. The summed E-state index contributed by atoms with van der Waals surface area (Å²) in [5, 5.41) is 0. The Bertz CT molecular complexity index is 934. The van der Waals surface area contributed by atoms with Crippen LogP contribution in [0.3, 0.4) is 0 Å². The second kappa shape index (κ2) is 8.73. The van der Waals surface area contributed by atoms with Crippen LogP contribution in [0.5, 0.6) is 5.75 Å². The number of carbonyl (C=O) groups is 3. The lowest BCUT2D eigenvalue weighted by Gasteiger charge is -2.31. The number of hydrogen-bond donors (Lipinski definition) is 2. The maximum atomic E-state index is 13.3. The number of rotatable bonds is 8. The Morgan fingerprint density at radius 1 is 1.17 bits per heavy atom. The smallest absolute Gasteiger partial charge is 0.255 e. The number of allylic oxidation sites excluding steroid dienone is 1. The molecule has 3 rings (SSSR count). The molecular weight excluding hydrogens is 382 g/mol. The zero-order chi connectivity index (χ0) is 21.9. The standard InChI is InChI=1S/C23H29N3O4/c1-3-4-7-23(2)10-16(21(25)28)8-17(11-23)22(29)26-12-15-5-6-19(9-18(15)13-26)30-14-20(24)27/h5-6,8-9,11H,3-4,7,10,12-14H2,1-2H3,(H2,24,27)(H2,25,28). The van der Waals surface area contributed by atoms with E-state index in [1.807, 2.05) is 18.2 Å². The average molecular weight is 412 g/mol. The highest BCUT2D eigenvalue weighted by Crippen LogP contribution is 2.39. The van der Waals surface area contributed by atoms with Crippen LogP contribution in [-0.2, 0) is 27.5 Å². The summed E-state index contributed by atoms with van der Waals surface area (Å²) in [6.07, 6.45) is 7.16. The Kier molecular flexibility index (Phi) is 6.29. The molecule has 1 atom stereocenters. The molecule has 1 heterocycles. The van der Waals surface area contributed by atoms with Gasteiger partial charge in [0.2, 0.25) is 5.91 Å². The molecule has 4 N–H and O–H groups in total. The Hall–Kier alpha value is -3.09. The largest absolute Gasteiger partial charge is 0.484 e. The fourth-order valence-electron chi connectivity index (χ4n) is 4.11. The number of amides is 3. The summed E-state index contributed by atoms with van der Waals surface area (Å²) in [6.45, 7) is 4.92. The first kappa shape index (κ1) is 21.6. The monoisotopic (exact) mass is 411 g/mol. The van der Waals surface area contributed by atoms with Gasteiger partial charge in [-0.1, -0.05) is 38.8 Å². The van der Waals surface area contributed by atoms with E-state index in [-0.39, 0.29) is 17.9 Å². The average Bonchev–Trinajstić information content (AvgIpc) is 3.13. The fourth-order valence-corrected chi connectivity index (χ4v) is 4.11. The van der Waals surface area contributed by atoms with Crippen LogP contribution in [-0.4, -0.2) is 29.2 Å². The summed E-state index contributed by atoms with van der Waals surface area (Å²) in [6, 6.07) is 5.49. The molecule has 7 heteroatoms. The minimum Gasteiger partial charge on any atom is -0.484 e. The van der Waals surface area contributed by atoms with Crippen molar-refractivity contribution < 1.29 is 19.1 Å². The van der Waals surface area contributed by atoms with E-state index in [1.165, 1.54) is 0 Å². The van der Waals surface area contributed by atoms with E-state index in [2.05, 4.69) is 13.8 Å². The van der Waals surface area contributed by atoms with Gasteiger partial charge in [0.25, 0.3) is 11.8 Å². The van der Waals surface area contributed by atoms with Crippen LogP contribution in [0.2, 0.25) is 0 Å². The molecule has 0 bridgehead atoms. The number of fused-ring (bicyclic) bond motifs is 1. The molecule has 2 aliphatic rings. The Morgan fingerprint density at radius 3 is 2.57 bits per heavy atom. The third kappa shape index (κ3) is 4.90. The Labute approximate surface area is 176 Å². The van der Waals surface area contributed by atoms with Gasteiger partial charge in [0.15, 0.2) is 6.61 Å². The summed E-state index contributed by atoms with van der Waals surface area (Å²) in [5.74, 6) is -0.592. The molecule has 1 aliphatic carbocycles. The number of primary amides is 2. The van der Waals surface area contributed by atoms with Crippen molar-refractivity contribution in [1.82, 2.24) is 4.90 Å². The highest BCUT2D eigenvalue weighted by molar-refractivity contribution is 6.01. The lowest BCUT2D eigenvalue weighted by Crippen LogP contribution is -2.31. The molecule has 0 aromatic heterocycles. The summed E-state index contributed by atoms with van der Waals surface area (Å²) >= 11 is 0. The molecule has 0 fully saturated rings. The van der Waals surface area contributed by atoms with Gasteiger partial charge >= 0.3 is 0 Å². The van der Waals surface area contributed by atoms with Gasteiger partial charge in [-0.05, 0) is 47.6 Å². The number of benzene rings is 1. The second-order valence-corrected chi connectivity index (χ2v) is 8.41. The van der Waals surface area contributed by atoms with E-state index in [4.69, 9.17) is 16.2 Å². The predicted molar refractivity (Wildman–Crippen MR) is 113 cm³/mol. The molecule has 0 spiro atoms. The van der Waals surface area contributed by atoms with Crippen molar-refractivity contribution in [2.24, 2.45) is 16.9 Å². The van der Waals surface area contributed by atoms with Crippen LogP contribution in [0, 0.1) is 5.41 Å². The zero-order valence-electron chi connectivity index (χ0n) is 17.6. The lowest BCUT2D eigenvalue weighted by atomic mass is 9.74. The molecular formula is C23H29N3O4. The fraction of sp³-hybridized carbons (Fsp3) is 0.435. The van der Waals surface area contributed by atoms with Crippen LogP contribution in [0.15, 0.2) is 41.5 Å². The molecule has 3 amide bonds. The van der Waals surface area contributed by atoms with Crippen molar-refractivity contribution in [3.05, 3.63) is 52.6 Å². The van der Waals surface area contributed by atoms with Crippen LogP contribution in [0.25, 0.3) is 0 Å². The lowest BCUT2D eigenvalue weighted by molar-refractivity contribution is -0.127. The van der Waals surface area contributed by atoms with Gasteiger partial charge in [-0.15, -0.1) is 0 Å². The van der Waals surface area contributed by atoms with E-state index < -0.39 is 11.8 Å². The summed E-state index contributed by atoms with van der Waals surface area (Å²) in [7, 11) is 0. The number of ether oxygens (including phenoxy) is 1. The van der Waals surface area contributed by atoms with Gasteiger partial charge in [-0.25, -0.2) is 0 Å². The maximum Gasteiger partial charge on any atom is 0.255 e. The van der Waals surface area contributed by atoms with Gasteiger partial charge in [0.1, 0.15) is 5.75 Å². The van der Waals surface area contributed by atoms with Crippen molar-refractivity contribution in [2.75, 3.05) is 6.61 Å². The Morgan fingerprint density at radius 2 is 1.90 bits per heavy atom. The van der Waals surface area contributed by atoms with Crippen molar-refractivity contribution in [3.63, 3.8) is 0 Å². The minimum atomic E-state index is -0.542. The van der Waals surface area contributed by atoms with Gasteiger partial charge in [0.05, 0.1) is 0 Å². The molecule has 0 saturated carbocycles. The predicted octanol–water partition coefficient (Wildman–Crippen LogP) is 2.33. The molecule has 1 aromatic carbocycles. The second-order valence-electron chi connectivity index (χ2n) is 8.41. The van der Waals surface area contributed by atoms with Gasteiger partial charge in [-0.3, -0.25) is 14.4 Å². The molecule has 1 aliphatic heterocycles. The summed E-state index contributed by atoms with van der Waals surface area (Å²) in [4.78, 5) is 37.8. The van der Waals surface area contributed by atoms with Crippen LogP contribution >= 0.6 is 0 Å². The molecule has 1 unspecified atom stereocenters. The topological polar surface area (TPSA) is 116 Å². The molecule has 0 radical (unpaired) electrons. The van der Waals surface area contributed by atoms with E-state index in [0.29, 0.717) is 36.4 Å². The summed E-state index contributed by atoms with van der Waals surface area (Å²) < 4.78 is 5.36. The first-order chi connectivity index (χ1) is 14.2. The zero-order valence-corrected chi connectivity index (χ0v) is 17.6. The SMILES string of the molecule is CCCCC1(C)C=C(C(=O)N2Cc3ccc(OCC(N)=O)cc3C2)C=C(C(N)=O)C1. The van der Waals surface area contributed by atoms with E-state index in [1.54, 1.807) is 17.0 Å². The van der Waals surface area contributed by atoms with Crippen LogP contribution < -0.4 is 16.2 Å². The van der Waals surface area contributed by atoms with Crippen molar-refractivity contribution >= 4 is 17.7 Å². The van der Waals surface area contributed by atoms with Crippen LogP contribution in [0.1, 0.15) is 50.7 Å². The van der Waals surface area contributed by atoms with Gasteiger partial charge < -0.3 is 21.1 Å². The van der Waals surface area contributed by atoms with Crippen molar-refractivity contribution in [1.29, 1.82) is 0 Å². The molecule has 30 heavy (non-hydrogen) atoms. The van der Waals surface area contributed by atoms with Gasteiger partial charge in [0, 0.05) is 24.2 Å². The highest BCUT2D eigenvalue weighted by Gasteiger charge is 2.33. The Balaban J connectivity index is 1.79. The first-order valence-corrected chi connectivity index (χ1v) is 10.3. The van der Waals surface area contributed by atoms with Crippen molar-refractivity contribution in [3.8, 4) is 5.75 Å². The molecule has 160 valence electrons. The number of hydrogen-bond acceptors (Lipinski definition) is 4. The maximum absolute atomic E-state index is 13.3. The normalized spacial score (nSPS) is 20.3. The van der Waals surface area contributed by atoms with Crippen molar-refractivity contribution in [2.45, 2.75) is 52.6 Å². The van der Waals surface area contributed by atoms with Crippen LogP contribution in [0.4, 0.5) is 0 Å². The van der Waals surface area contributed by atoms with E-state index in [0.717, 1.165) is 30.4 Å². The molecule has 1 aromatic rings. The first-order valence-electron chi connectivity index (χ1n) is 10.3. The van der Waals surface area contributed by atoms with Gasteiger partial charge in [-0.2, -0.15) is 0 Å². The number of carbonyl (C=O) groups excluding carboxylic acids is 3. The van der Waals surface area contributed by atoms with E-state index in [9.17, 15) is 14.4 Å². The number of unbranched alkanes of at least 4 members (excludes halogenated alkanes) is 1. The third-order valence-corrected chi connectivity index (χ3v) is 5.66. The third-order valence-electron chi connectivity index (χ3n) is 5.66. The number of nitrogens with two attached hydrogens (primary N) is 2. The quantitative estimate of drug-likeness (QED) is 0.683. The molecule has 0 saturated heterocycles. The number of nitrogens with zero attached hydrogens (tertiary/aromatic N) is 1. The minimum absolute atomic E-state index is 0.119. The van der Waals surface area contributed by atoms with E-state index >= 15 is 0 Å².